The number of hydrogen-bond acceptors (Lipinski definition) is 3. The molecule has 118 valence electrons. The molecule has 23 heavy (non-hydrogen) atoms. The Balaban J connectivity index is 2.13. The Bertz CT molecular complexity index is 880. The van der Waals surface area contributed by atoms with Crippen molar-refractivity contribution in [3.8, 4) is 0 Å². The minimum absolute atomic E-state index is 0.0365. The Morgan fingerprint density at radius 2 is 1.74 bits per heavy atom. The van der Waals surface area contributed by atoms with Gasteiger partial charge in [-0.15, -0.1) is 0 Å². The zero-order chi connectivity index (χ0) is 16.6. The quantitative estimate of drug-likeness (QED) is 0.652. The van der Waals surface area contributed by atoms with Crippen LogP contribution in [0.4, 0.5) is 29.1 Å². The number of halogens is 5. The molecule has 0 fully saturated rings. The molecule has 0 spiro atoms. The highest BCUT2D eigenvalue weighted by Gasteiger charge is 2.35. The van der Waals surface area contributed by atoms with E-state index in [1.165, 1.54) is 18.2 Å². The first-order valence-electron chi connectivity index (χ1n) is 6.40. The summed E-state index contributed by atoms with van der Waals surface area (Å²) in [4.78, 5) is 7.05. The van der Waals surface area contributed by atoms with Crippen LogP contribution < -0.4 is 5.32 Å². The maximum Gasteiger partial charge on any atom is 0.451 e. The van der Waals surface area contributed by atoms with Crippen LogP contribution in [0, 0.1) is 5.82 Å². The van der Waals surface area contributed by atoms with Gasteiger partial charge in [-0.05, 0) is 30.3 Å². The minimum atomic E-state index is -4.68. The molecule has 0 aliphatic rings. The van der Waals surface area contributed by atoms with Gasteiger partial charge < -0.3 is 5.32 Å². The first-order chi connectivity index (χ1) is 10.8. The van der Waals surface area contributed by atoms with E-state index in [0.29, 0.717) is 11.1 Å². The summed E-state index contributed by atoms with van der Waals surface area (Å²) in [6, 6.07) is 10.00. The standard InChI is InChI=1S/C15H8ClF4N3/c16-10-7-8(5-6-11(10)17)21-13-9-3-1-2-4-12(9)22-14(23-13)15(18,19)20/h1-7H,(H,21,22,23). The zero-order valence-electron chi connectivity index (χ0n) is 11.3. The third-order valence-corrected chi connectivity index (χ3v) is 3.33. The van der Waals surface area contributed by atoms with Crippen LogP contribution in [0.15, 0.2) is 42.5 Å². The molecule has 0 saturated carbocycles. The number of benzene rings is 2. The fraction of sp³-hybridized carbons (Fsp3) is 0.0667. The molecule has 0 bridgehead atoms. The molecule has 0 aliphatic carbocycles. The van der Waals surface area contributed by atoms with Crippen LogP contribution in [0.5, 0.6) is 0 Å². The molecule has 0 atom stereocenters. The van der Waals surface area contributed by atoms with E-state index < -0.39 is 17.8 Å². The Kier molecular flexibility index (Phi) is 3.81. The second-order valence-electron chi connectivity index (χ2n) is 4.66. The summed E-state index contributed by atoms with van der Waals surface area (Å²) in [5.74, 6) is -1.92. The fourth-order valence-electron chi connectivity index (χ4n) is 2.01. The minimum Gasteiger partial charge on any atom is -0.340 e. The summed E-state index contributed by atoms with van der Waals surface area (Å²) >= 11 is 5.67. The third kappa shape index (κ3) is 3.19. The van der Waals surface area contributed by atoms with Gasteiger partial charge in [0.25, 0.3) is 0 Å². The average molecular weight is 342 g/mol. The molecule has 2 aromatic carbocycles. The number of nitrogens with one attached hydrogen (secondary N) is 1. The molecule has 1 aromatic heterocycles. The molecule has 1 heterocycles. The molecule has 3 aromatic rings. The maximum atomic E-state index is 13.2. The van der Waals surface area contributed by atoms with Crippen molar-refractivity contribution in [1.29, 1.82) is 0 Å². The highest BCUT2D eigenvalue weighted by molar-refractivity contribution is 6.31. The molecule has 0 amide bonds. The van der Waals surface area contributed by atoms with E-state index in [2.05, 4.69) is 15.3 Å². The monoisotopic (exact) mass is 341 g/mol. The van der Waals surface area contributed by atoms with Gasteiger partial charge in [-0.2, -0.15) is 13.2 Å². The topological polar surface area (TPSA) is 37.8 Å². The molecule has 3 rings (SSSR count). The van der Waals surface area contributed by atoms with Gasteiger partial charge in [0.1, 0.15) is 11.6 Å². The van der Waals surface area contributed by atoms with Crippen LogP contribution in [0.2, 0.25) is 5.02 Å². The predicted octanol–water partition coefficient (Wildman–Crippen LogP) is 5.18. The van der Waals surface area contributed by atoms with Crippen LogP contribution in [-0.4, -0.2) is 9.97 Å². The second-order valence-corrected chi connectivity index (χ2v) is 5.07. The summed E-state index contributed by atoms with van der Waals surface area (Å²) in [6.07, 6.45) is -4.68. The number of para-hydroxylation sites is 1. The van der Waals surface area contributed by atoms with E-state index >= 15 is 0 Å². The van der Waals surface area contributed by atoms with Gasteiger partial charge in [0, 0.05) is 11.1 Å². The summed E-state index contributed by atoms with van der Waals surface area (Å²) in [7, 11) is 0. The molecule has 0 saturated heterocycles. The lowest BCUT2D eigenvalue weighted by Gasteiger charge is -2.12. The Labute approximate surface area is 132 Å². The van der Waals surface area contributed by atoms with Crippen molar-refractivity contribution in [2.24, 2.45) is 0 Å². The van der Waals surface area contributed by atoms with Crippen molar-refractivity contribution in [1.82, 2.24) is 9.97 Å². The van der Waals surface area contributed by atoms with Gasteiger partial charge in [-0.1, -0.05) is 23.7 Å². The van der Waals surface area contributed by atoms with Gasteiger partial charge in [0.05, 0.1) is 10.5 Å². The Hall–Kier alpha value is -2.41. The number of aromatic nitrogens is 2. The first kappa shape index (κ1) is 15.5. The van der Waals surface area contributed by atoms with Crippen molar-refractivity contribution in [2.75, 3.05) is 5.32 Å². The molecule has 0 radical (unpaired) electrons. The summed E-state index contributed by atoms with van der Waals surface area (Å²) in [5, 5.41) is 2.98. The lowest BCUT2D eigenvalue weighted by atomic mass is 10.2. The predicted molar refractivity (Wildman–Crippen MR) is 79.2 cm³/mol. The van der Waals surface area contributed by atoms with Crippen LogP contribution in [0.1, 0.15) is 5.82 Å². The van der Waals surface area contributed by atoms with E-state index in [1.807, 2.05) is 0 Å². The average Bonchev–Trinajstić information content (AvgIpc) is 2.50. The molecular formula is C15H8ClF4N3. The summed E-state index contributed by atoms with van der Waals surface area (Å²) in [5.41, 5.74) is 0.457. The molecular weight excluding hydrogens is 334 g/mol. The number of alkyl halides is 3. The molecule has 0 unspecified atom stereocenters. The van der Waals surface area contributed by atoms with Gasteiger partial charge in [0.15, 0.2) is 0 Å². The van der Waals surface area contributed by atoms with Crippen molar-refractivity contribution in [3.05, 3.63) is 59.1 Å². The number of hydrogen-bond donors (Lipinski definition) is 1. The highest BCUT2D eigenvalue weighted by atomic mass is 35.5. The number of fused-ring (bicyclic) bond motifs is 1. The van der Waals surface area contributed by atoms with Crippen LogP contribution in [0.3, 0.4) is 0 Å². The van der Waals surface area contributed by atoms with Crippen molar-refractivity contribution in [2.45, 2.75) is 6.18 Å². The molecule has 0 aliphatic heterocycles. The van der Waals surface area contributed by atoms with E-state index in [4.69, 9.17) is 11.6 Å². The smallest absolute Gasteiger partial charge is 0.340 e. The third-order valence-electron chi connectivity index (χ3n) is 3.04. The van der Waals surface area contributed by atoms with Crippen molar-refractivity contribution < 1.29 is 17.6 Å². The summed E-state index contributed by atoms with van der Waals surface area (Å²) < 4.78 is 52.0. The Morgan fingerprint density at radius 1 is 1.00 bits per heavy atom. The normalized spacial score (nSPS) is 11.7. The van der Waals surface area contributed by atoms with Crippen molar-refractivity contribution >= 4 is 34.0 Å². The fourth-order valence-corrected chi connectivity index (χ4v) is 2.19. The van der Waals surface area contributed by atoms with Crippen LogP contribution in [-0.2, 0) is 6.18 Å². The van der Waals surface area contributed by atoms with Crippen LogP contribution >= 0.6 is 11.6 Å². The molecule has 1 N–H and O–H groups in total. The highest BCUT2D eigenvalue weighted by Crippen LogP contribution is 2.32. The maximum absolute atomic E-state index is 13.2. The van der Waals surface area contributed by atoms with Crippen LogP contribution in [0.25, 0.3) is 10.9 Å². The zero-order valence-corrected chi connectivity index (χ0v) is 12.1. The van der Waals surface area contributed by atoms with E-state index in [1.54, 1.807) is 18.2 Å². The van der Waals surface area contributed by atoms with Gasteiger partial charge in [0.2, 0.25) is 5.82 Å². The van der Waals surface area contributed by atoms with Crippen molar-refractivity contribution in [3.63, 3.8) is 0 Å². The lowest BCUT2D eigenvalue weighted by Crippen LogP contribution is -2.12. The first-order valence-corrected chi connectivity index (χ1v) is 6.78. The molecule has 8 heteroatoms. The number of nitrogens with zero attached hydrogens (tertiary/aromatic N) is 2. The number of anilines is 2. The second kappa shape index (κ2) is 5.66. The van der Waals surface area contributed by atoms with Gasteiger partial charge >= 0.3 is 6.18 Å². The van der Waals surface area contributed by atoms with E-state index in [9.17, 15) is 17.6 Å². The lowest BCUT2D eigenvalue weighted by molar-refractivity contribution is -0.144. The van der Waals surface area contributed by atoms with E-state index in [0.717, 1.165) is 6.07 Å². The summed E-state index contributed by atoms with van der Waals surface area (Å²) in [6.45, 7) is 0. The SMILES string of the molecule is Fc1ccc(Nc2nc(C(F)(F)F)nc3ccccc23)cc1Cl. The number of rotatable bonds is 2. The van der Waals surface area contributed by atoms with Gasteiger partial charge in [-0.25, -0.2) is 14.4 Å². The largest absolute Gasteiger partial charge is 0.451 e. The van der Waals surface area contributed by atoms with E-state index in [-0.39, 0.29) is 16.4 Å². The van der Waals surface area contributed by atoms with Gasteiger partial charge in [-0.3, -0.25) is 0 Å². The Morgan fingerprint density at radius 3 is 2.43 bits per heavy atom. The molecule has 3 nitrogen and oxygen atoms in total.